The molecule has 1 heterocycles. The number of hydrogen-bond donors (Lipinski definition) is 1. The van der Waals surface area contributed by atoms with E-state index < -0.39 is 6.09 Å². The van der Waals surface area contributed by atoms with E-state index >= 15 is 0 Å². The third-order valence-corrected chi connectivity index (χ3v) is 5.25. The molecule has 2 rings (SSSR count). The summed E-state index contributed by atoms with van der Waals surface area (Å²) in [6.07, 6.45) is 5.54. The summed E-state index contributed by atoms with van der Waals surface area (Å²) in [5.41, 5.74) is 2.24. The zero-order valence-corrected chi connectivity index (χ0v) is 20.9. The first-order valence-electron chi connectivity index (χ1n) is 10.9. The van der Waals surface area contributed by atoms with Gasteiger partial charge in [0.15, 0.2) is 0 Å². The quantitative estimate of drug-likeness (QED) is 0.324. The monoisotopic (exact) mass is 461 g/mol. The summed E-state index contributed by atoms with van der Waals surface area (Å²) in [7, 11) is 1.74. The molecule has 7 nitrogen and oxygen atoms in total. The van der Waals surface area contributed by atoms with Crippen LogP contribution in [0.5, 0.6) is 11.5 Å². The number of aromatic nitrogens is 1. The van der Waals surface area contributed by atoms with Crippen LogP contribution in [0.25, 0.3) is 0 Å². The molecule has 0 saturated heterocycles. The second kappa shape index (κ2) is 14.3. The summed E-state index contributed by atoms with van der Waals surface area (Å²) < 4.78 is 11.2. The molecule has 2 aromatic rings. The van der Waals surface area contributed by atoms with Gasteiger partial charge in [-0.2, -0.15) is 0 Å². The lowest BCUT2D eigenvalue weighted by atomic mass is 9.97. The number of carbonyl (C=O) groups excluding carboxylic acids is 2. The Labute approximate surface area is 195 Å². The van der Waals surface area contributed by atoms with Crippen molar-refractivity contribution in [3.63, 3.8) is 0 Å². The topological polar surface area (TPSA) is 80.8 Å². The molecule has 0 aliphatic rings. The number of carbonyl (C=O) groups is 2. The second-order valence-corrected chi connectivity index (χ2v) is 7.59. The molecule has 0 bridgehead atoms. The van der Waals surface area contributed by atoms with E-state index in [4.69, 9.17) is 9.47 Å². The lowest BCUT2D eigenvalue weighted by Gasteiger charge is -2.27. The molecule has 176 valence electrons. The molecule has 1 atom stereocenters. The second-order valence-electron chi connectivity index (χ2n) is 6.76. The maximum absolute atomic E-state index is 12.0. The molecule has 0 aliphatic carbocycles. The fraction of sp³-hybridized carbons (Fsp3) is 0.458. The van der Waals surface area contributed by atoms with E-state index in [1.807, 2.05) is 51.3 Å². The van der Waals surface area contributed by atoms with Gasteiger partial charge in [-0.05, 0) is 56.4 Å². The van der Waals surface area contributed by atoms with Gasteiger partial charge in [-0.3, -0.25) is 10.1 Å². The van der Waals surface area contributed by atoms with E-state index in [9.17, 15) is 9.59 Å². The molecule has 1 aromatic carbocycles. The van der Waals surface area contributed by atoms with Gasteiger partial charge in [0.25, 0.3) is 0 Å². The number of hydrogen-bond acceptors (Lipinski definition) is 6. The molecule has 32 heavy (non-hydrogen) atoms. The number of rotatable bonds is 10. The van der Waals surface area contributed by atoms with Gasteiger partial charge >= 0.3 is 6.09 Å². The molecular formula is C24H35N3O4S. The highest BCUT2D eigenvalue weighted by atomic mass is 32.2. The van der Waals surface area contributed by atoms with Crippen molar-refractivity contribution in [2.45, 2.75) is 58.5 Å². The molecule has 0 fully saturated rings. The zero-order chi connectivity index (χ0) is 24.1. The average molecular weight is 462 g/mol. The summed E-state index contributed by atoms with van der Waals surface area (Å²) in [5.74, 6) is 1.22. The van der Waals surface area contributed by atoms with Gasteiger partial charge in [0.05, 0.1) is 23.9 Å². The molecule has 1 N–H and O–H groups in total. The Hall–Kier alpha value is -2.74. The fourth-order valence-corrected chi connectivity index (χ4v) is 3.42. The van der Waals surface area contributed by atoms with Crippen LogP contribution >= 0.6 is 11.8 Å². The number of amides is 2. The Kier molecular flexibility index (Phi) is 12.2. The third kappa shape index (κ3) is 7.75. The van der Waals surface area contributed by atoms with Gasteiger partial charge in [0.1, 0.15) is 11.5 Å². The van der Waals surface area contributed by atoms with E-state index in [1.54, 1.807) is 36.8 Å². The van der Waals surface area contributed by atoms with Crippen molar-refractivity contribution in [1.82, 2.24) is 9.88 Å². The van der Waals surface area contributed by atoms with Gasteiger partial charge in [0, 0.05) is 18.3 Å². The van der Waals surface area contributed by atoms with Crippen LogP contribution in [0, 0.1) is 6.92 Å². The van der Waals surface area contributed by atoms with E-state index in [0.717, 1.165) is 35.4 Å². The van der Waals surface area contributed by atoms with Crippen molar-refractivity contribution in [3.05, 3.63) is 41.6 Å². The van der Waals surface area contributed by atoms with Gasteiger partial charge < -0.3 is 14.4 Å². The number of benzene rings is 1. The number of anilines is 1. The maximum Gasteiger partial charge on any atom is 0.411 e. The van der Waals surface area contributed by atoms with Crippen molar-refractivity contribution in [1.29, 1.82) is 0 Å². The first-order chi connectivity index (χ1) is 15.4. The minimum atomic E-state index is -0.521. The van der Waals surface area contributed by atoms with Crippen LogP contribution in [0.1, 0.15) is 57.7 Å². The molecule has 1 aromatic heterocycles. The van der Waals surface area contributed by atoms with E-state index in [-0.39, 0.29) is 12.6 Å². The lowest BCUT2D eigenvalue weighted by Crippen LogP contribution is -2.24. The minimum Gasteiger partial charge on any atom is -0.455 e. The zero-order valence-electron chi connectivity index (χ0n) is 20.1. The van der Waals surface area contributed by atoms with Crippen LogP contribution in [0.3, 0.4) is 0 Å². The summed E-state index contributed by atoms with van der Waals surface area (Å²) in [5, 5.41) is 3.67. The highest BCUT2D eigenvalue weighted by Gasteiger charge is 2.22. The summed E-state index contributed by atoms with van der Waals surface area (Å²) in [6, 6.07) is 7.27. The number of nitrogens with zero attached hydrogens (tertiary/aromatic N) is 2. The Morgan fingerprint density at radius 2 is 2.00 bits per heavy atom. The number of ether oxygens (including phenoxy) is 2. The molecule has 0 spiro atoms. The van der Waals surface area contributed by atoms with Crippen LogP contribution in [0.4, 0.5) is 10.5 Å². The van der Waals surface area contributed by atoms with Crippen molar-refractivity contribution in [2.75, 3.05) is 25.2 Å². The first kappa shape index (κ1) is 27.3. The van der Waals surface area contributed by atoms with Crippen molar-refractivity contribution in [3.8, 4) is 11.5 Å². The Morgan fingerprint density at radius 1 is 1.28 bits per heavy atom. The Morgan fingerprint density at radius 3 is 2.53 bits per heavy atom. The average Bonchev–Trinajstić information content (AvgIpc) is 2.81. The smallest absolute Gasteiger partial charge is 0.411 e. The fourth-order valence-electron chi connectivity index (χ4n) is 3.06. The number of thioether (sulfide) groups is 1. The van der Waals surface area contributed by atoms with Gasteiger partial charge in [0.2, 0.25) is 6.41 Å². The number of nitrogens with one attached hydrogen (secondary N) is 1. The standard InChI is InChI=1S/C22H29N3O4S.C2H6/c1-6-8-19(25(4)14-26)17-12-18(24-22(27)28-7-2)15(3)11-20(17)29-16-9-10-21(30-5)23-13-16;1-2/h9-14,19H,6-8H2,1-5H3,(H,24,27);1-2H3. The molecule has 2 amide bonds. The van der Waals surface area contributed by atoms with E-state index in [2.05, 4.69) is 17.2 Å². The SMILES string of the molecule is CC.CCCC(c1cc(NC(=O)OCC)c(C)cc1Oc1ccc(SC)nc1)N(C)C=O. The van der Waals surface area contributed by atoms with Crippen LogP contribution in [-0.4, -0.2) is 42.3 Å². The largest absolute Gasteiger partial charge is 0.455 e. The van der Waals surface area contributed by atoms with Crippen LogP contribution < -0.4 is 10.1 Å². The maximum atomic E-state index is 12.0. The normalized spacial score (nSPS) is 11.0. The molecule has 1 unspecified atom stereocenters. The predicted octanol–water partition coefficient (Wildman–Crippen LogP) is 6.43. The van der Waals surface area contributed by atoms with Crippen LogP contribution in [0.15, 0.2) is 35.5 Å². The number of pyridine rings is 1. The molecule has 0 radical (unpaired) electrons. The van der Waals surface area contributed by atoms with Crippen LogP contribution in [0.2, 0.25) is 0 Å². The van der Waals surface area contributed by atoms with Crippen LogP contribution in [-0.2, 0) is 9.53 Å². The van der Waals surface area contributed by atoms with Gasteiger partial charge in [-0.15, -0.1) is 11.8 Å². The highest BCUT2D eigenvalue weighted by molar-refractivity contribution is 7.98. The van der Waals surface area contributed by atoms with E-state index in [1.165, 1.54) is 0 Å². The predicted molar refractivity (Wildman–Crippen MR) is 131 cm³/mol. The van der Waals surface area contributed by atoms with Crippen molar-refractivity contribution < 1.29 is 19.1 Å². The summed E-state index contributed by atoms with van der Waals surface area (Å²) >= 11 is 1.56. The third-order valence-electron chi connectivity index (χ3n) is 4.59. The lowest BCUT2D eigenvalue weighted by molar-refractivity contribution is -0.119. The molecule has 0 saturated carbocycles. The Balaban J connectivity index is 0.00000249. The first-order valence-corrected chi connectivity index (χ1v) is 12.1. The highest BCUT2D eigenvalue weighted by Crippen LogP contribution is 2.38. The Bertz CT molecular complexity index is 859. The molecule has 8 heteroatoms. The number of aryl methyl sites for hydroxylation is 1. The molecular weight excluding hydrogens is 426 g/mol. The van der Waals surface area contributed by atoms with Crippen molar-refractivity contribution >= 4 is 30.0 Å². The van der Waals surface area contributed by atoms with Gasteiger partial charge in [-0.1, -0.05) is 27.2 Å². The van der Waals surface area contributed by atoms with Gasteiger partial charge in [-0.25, -0.2) is 9.78 Å². The van der Waals surface area contributed by atoms with E-state index in [0.29, 0.717) is 17.2 Å². The minimum absolute atomic E-state index is 0.204. The summed E-state index contributed by atoms with van der Waals surface area (Å²) in [4.78, 5) is 29.5. The van der Waals surface area contributed by atoms with Crippen molar-refractivity contribution in [2.24, 2.45) is 0 Å². The summed E-state index contributed by atoms with van der Waals surface area (Å²) in [6.45, 7) is 9.97. The molecule has 0 aliphatic heterocycles.